The number of nitriles is 1. The van der Waals surface area contributed by atoms with E-state index in [2.05, 4.69) is 21.4 Å². The summed E-state index contributed by atoms with van der Waals surface area (Å²) in [4.78, 5) is 2.63. The van der Waals surface area contributed by atoms with Gasteiger partial charge in [0.15, 0.2) is 0 Å². The van der Waals surface area contributed by atoms with E-state index in [0.717, 1.165) is 12.8 Å². The predicted octanol–water partition coefficient (Wildman–Crippen LogP) is 1.97. The summed E-state index contributed by atoms with van der Waals surface area (Å²) in [6.45, 7) is 4.87. The number of azide groups is 1. The first kappa shape index (κ1) is 11.8. The van der Waals surface area contributed by atoms with E-state index in [1.165, 1.54) is 0 Å². The van der Waals surface area contributed by atoms with Crippen LogP contribution >= 0.6 is 0 Å². The molecule has 0 aliphatic carbocycles. The Balaban J connectivity index is 3.97. The Kier molecular flexibility index (Phi) is 5.69. The zero-order chi connectivity index (χ0) is 10.2. The van der Waals surface area contributed by atoms with Gasteiger partial charge in [-0.1, -0.05) is 19.0 Å². The summed E-state index contributed by atoms with van der Waals surface area (Å²) >= 11 is 0. The molecule has 0 aromatic heterocycles. The van der Waals surface area contributed by atoms with Crippen LogP contribution in [-0.4, -0.2) is 18.6 Å². The van der Waals surface area contributed by atoms with Gasteiger partial charge in [-0.05, 0) is 18.4 Å². The van der Waals surface area contributed by atoms with Crippen molar-refractivity contribution in [1.29, 1.82) is 5.26 Å². The van der Waals surface area contributed by atoms with Crippen molar-refractivity contribution in [3.8, 4) is 6.07 Å². The first-order valence-corrected chi connectivity index (χ1v) is 4.41. The minimum atomic E-state index is -0.453. The van der Waals surface area contributed by atoms with Crippen molar-refractivity contribution in [1.82, 2.24) is 5.32 Å². The van der Waals surface area contributed by atoms with E-state index in [1.54, 1.807) is 0 Å². The lowest BCUT2D eigenvalue weighted by atomic mass is 9.95. The Hall–Kier alpha value is -1.24. The van der Waals surface area contributed by atoms with E-state index in [0.29, 0.717) is 13.1 Å². The van der Waals surface area contributed by atoms with Gasteiger partial charge in [0.1, 0.15) is 5.54 Å². The molecule has 0 rings (SSSR count). The Morgan fingerprint density at radius 2 is 2.15 bits per heavy atom. The van der Waals surface area contributed by atoms with Crippen LogP contribution in [0.2, 0.25) is 0 Å². The summed E-state index contributed by atoms with van der Waals surface area (Å²) in [7, 11) is 0. The second-order valence-corrected chi connectivity index (χ2v) is 2.78. The van der Waals surface area contributed by atoms with Gasteiger partial charge < -0.3 is 0 Å². The average molecular weight is 181 g/mol. The van der Waals surface area contributed by atoms with Crippen LogP contribution in [0, 0.1) is 11.3 Å². The van der Waals surface area contributed by atoms with Gasteiger partial charge in [0.05, 0.1) is 6.07 Å². The smallest absolute Gasteiger partial charge is 0.106 e. The van der Waals surface area contributed by atoms with E-state index >= 15 is 0 Å². The van der Waals surface area contributed by atoms with Gasteiger partial charge >= 0.3 is 0 Å². The molecule has 0 aliphatic heterocycles. The van der Waals surface area contributed by atoms with Crippen LogP contribution in [0.4, 0.5) is 0 Å². The predicted molar refractivity (Wildman–Crippen MR) is 50.9 cm³/mol. The monoisotopic (exact) mass is 181 g/mol. The highest BCUT2D eigenvalue weighted by molar-refractivity contribution is 5.05. The third-order valence-corrected chi connectivity index (χ3v) is 2.16. The highest BCUT2D eigenvalue weighted by atomic mass is 15.1. The number of nitrogens with one attached hydrogen (secondary N) is 1. The van der Waals surface area contributed by atoms with Crippen LogP contribution in [0.15, 0.2) is 5.11 Å². The van der Waals surface area contributed by atoms with Crippen molar-refractivity contribution in [3.63, 3.8) is 0 Å². The van der Waals surface area contributed by atoms with Crippen LogP contribution in [-0.2, 0) is 0 Å². The van der Waals surface area contributed by atoms with Crippen molar-refractivity contribution >= 4 is 0 Å². The first-order valence-electron chi connectivity index (χ1n) is 4.41. The zero-order valence-corrected chi connectivity index (χ0v) is 8.12. The van der Waals surface area contributed by atoms with E-state index in [9.17, 15) is 0 Å². The molecular weight excluding hydrogens is 166 g/mol. The van der Waals surface area contributed by atoms with E-state index in [4.69, 9.17) is 10.8 Å². The van der Waals surface area contributed by atoms with Crippen LogP contribution in [0.5, 0.6) is 0 Å². The minimum absolute atomic E-state index is 0.389. The van der Waals surface area contributed by atoms with Gasteiger partial charge in [0, 0.05) is 18.0 Å². The zero-order valence-electron chi connectivity index (χ0n) is 8.12. The Bertz CT molecular complexity index is 219. The SMILES string of the molecule is CCC(C#N)(CC)NCCN=[N+]=[N-]. The summed E-state index contributed by atoms with van der Waals surface area (Å²) in [5, 5.41) is 15.4. The highest BCUT2D eigenvalue weighted by Gasteiger charge is 2.23. The highest BCUT2D eigenvalue weighted by Crippen LogP contribution is 2.12. The number of hydrogen-bond acceptors (Lipinski definition) is 3. The lowest BCUT2D eigenvalue weighted by Crippen LogP contribution is -2.43. The van der Waals surface area contributed by atoms with Gasteiger partial charge in [0.25, 0.3) is 0 Å². The molecule has 1 N–H and O–H groups in total. The lowest BCUT2D eigenvalue weighted by molar-refractivity contribution is 0.392. The number of nitrogens with zero attached hydrogens (tertiary/aromatic N) is 4. The maximum absolute atomic E-state index is 8.92. The third kappa shape index (κ3) is 3.79. The van der Waals surface area contributed by atoms with E-state index in [-0.39, 0.29) is 0 Å². The fourth-order valence-electron chi connectivity index (χ4n) is 1.09. The molecule has 5 heteroatoms. The van der Waals surface area contributed by atoms with Gasteiger partial charge in [-0.15, -0.1) is 0 Å². The maximum Gasteiger partial charge on any atom is 0.106 e. The molecule has 0 saturated heterocycles. The van der Waals surface area contributed by atoms with Crippen molar-refractivity contribution in [2.75, 3.05) is 13.1 Å². The number of hydrogen-bond donors (Lipinski definition) is 1. The normalized spacial score (nSPS) is 10.2. The molecule has 0 unspecified atom stereocenters. The second-order valence-electron chi connectivity index (χ2n) is 2.78. The van der Waals surface area contributed by atoms with E-state index in [1.807, 2.05) is 13.8 Å². The molecule has 0 radical (unpaired) electrons. The summed E-state index contributed by atoms with van der Waals surface area (Å²) in [5.41, 5.74) is 7.58. The summed E-state index contributed by atoms with van der Waals surface area (Å²) in [5.74, 6) is 0. The van der Waals surface area contributed by atoms with Crippen LogP contribution in [0.1, 0.15) is 26.7 Å². The molecule has 0 aromatic rings. The fourth-order valence-corrected chi connectivity index (χ4v) is 1.09. The topological polar surface area (TPSA) is 84.6 Å². The summed E-state index contributed by atoms with van der Waals surface area (Å²) < 4.78 is 0. The molecule has 0 bridgehead atoms. The third-order valence-electron chi connectivity index (χ3n) is 2.16. The first-order chi connectivity index (χ1) is 6.24. The quantitative estimate of drug-likeness (QED) is 0.294. The van der Waals surface area contributed by atoms with Gasteiger partial charge in [0.2, 0.25) is 0 Å². The van der Waals surface area contributed by atoms with Crippen LogP contribution in [0.3, 0.4) is 0 Å². The standard InChI is InChI=1S/C8H15N5/c1-3-8(4-2,7-9)11-5-6-12-13-10/h11H,3-6H2,1-2H3. The molecule has 72 valence electrons. The van der Waals surface area contributed by atoms with Crippen LogP contribution in [0.25, 0.3) is 10.4 Å². The summed E-state index contributed by atoms with van der Waals surface area (Å²) in [6, 6.07) is 2.25. The maximum atomic E-state index is 8.92. The van der Waals surface area contributed by atoms with Gasteiger partial charge in [-0.2, -0.15) is 5.26 Å². The molecule has 0 amide bonds. The molecule has 0 fully saturated rings. The lowest BCUT2D eigenvalue weighted by Gasteiger charge is -2.24. The molecule has 0 heterocycles. The Labute approximate surface area is 78.4 Å². The molecule has 0 atom stereocenters. The van der Waals surface area contributed by atoms with Crippen molar-refractivity contribution in [2.45, 2.75) is 32.2 Å². The Morgan fingerprint density at radius 3 is 2.54 bits per heavy atom. The van der Waals surface area contributed by atoms with Crippen LogP contribution < -0.4 is 5.32 Å². The largest absolute Gasteiger partial charge is 0.299 e. The molecule has 0 saturated carbocycles. The van der Waals surface area contributed by atoms with Crippen molar-refractivity contribution in [2.24, 2.45) is 5.11 Å². The molecule has 0 spiro atoms. The van der Waals surface area contributed by atoms with Gasteiger partial charge in [-0.3, -0.25) is 5.32 Å². The molecule has 5 nitrogen and oxygen atoms in total. The number of rotatable bonds is 6. The van der Waals surface area contributed by atoms with Crippen molar-refractivity contribution in [3.05, 3.63) is 10.4 Å². The molecule has 0 aliphatic rings. The van der Waals surface area contributed by atoms with Crippen molar-refractivity contribution < 1.29 is 0 Å². The molecule has 13 heavy (non-hydrogen) atoms. The molecular formula is C8H15N5. The summed E-state index contributed by atoms with van der Waals surface area (Å²) in [6.07, 6.45) is 1.52. The minimum Gasteiger partial charge on any atom is -0.299 e. The average Bonchev–Trinajstić information content (AvgIpc) is 2.20. The molecule has 0 aromatic carbocycles. The second kappa shape index (κ2) is 6.30. The van der Waals surface area contributed by atoms with E-state index < -0.39 is 5.54 Å². The Morgan fingerprint density at radius 1 is 1.54 bits per heavy atom. The fraction of sp³-hybridized carbons (Fsp3) is 0.875. The van der Waals surface area contributed by atoms with Gasteiger partial charge in [-0.25, -0.2) is 0 Å².